The van der Waals surface area contributed by atoms with E-state index < -0.39 is 14.9 Å². The summed E-state index contributed by atoms with van der Waals surface area (Å²) in [5.41, 5.74) is 1.44. The predicted octanol–water partition coefficient (Wildman–Crippen LogP) is 3.87. The fourth-order valence-electron chi connectivity index (χ4n) is 2.53. The lowest BCUT2D eigenvalue weighted by Gasteiger charge is -2.00. The molecule has 26 heavy (non-hydrogen) atoms. The Hall–Kier alpha value is -3.27. The smallest absolute Gasteiger partial charge is 0.300 e. The molecule has 2 aromatic carbocycles. The number of nitrogens with zero attached hydrogens (tertiary/aromatic N) is 3. The van der Waals surface area contributed by atoms with Gasteiger partial charge >= 0.3 is 0 Å². The van der Waals surface area contributed by atoms with Gasteiger partial charge in [0, 0.05) is 17.0 Å². The van der Waals surface area contributed by atoms with Crippen molar-refractivity contribution in [1.82, 2.24) is 4.98 Å². The fourth-order valence-corrected chi connectivity index (χ4v) is 3.31. The number of hydrogen-bond acceptors (Lipinski definition) is 6. The summed E-state index contributed by atoms with van der Waals surface area (Å²) in [7, 11) is -4.28. The Bertz CT molecular complexity index is 1160. The van der Waals surface area contributed by atoms with Crippen LogP contribution in [0.4, 0.5) is 11.4 Å². The minimum Gasteiger partial charge on any atom is -0.493 e. The first-order valence-corrected chi connectivity index (χ1v) is 8.88. The number of nitro groups is 1. The molecule has 0 spiro atoms. The second-order valence-electron chi connectivity index (χ2n) is 5.68. The molecule has 3 rings (SSSR count). The van der Waals surface area contributed by atoms with E-state index in [4.69, 9.17) is 0 Å². The summed E-state index contributed by atoms with van der Waals surface area (Å²) >= 11 is 0. The largest absolute Gasteiger partial charge is 0.493 e. The first-order chi connectivity index (χ1) is 12.2. The molecule has 0 saturated carbocycles. The van der Waals surface area contributed by atoms with Crippen LogP contribution in [0, 0.1) is 24.0 Å². The van der Waals surface area contributed by atoms with Crippen LogP contribution in [0.1, 0.15) is 11.1 Å². The van der Waals surface area contributed by atoms with Gasteiger partial charge in [0.2, 0.25) is 5.88 Å². The average molecular weight is 374 g/mol. The summed E-state index contributed by atoms with van der Waals surface area (Å²) in [6.07, 6.45) is 0. The zero-order valence-electron chi connectivity index (χ0n) is 13.8. The molecular formula is C16H14N4O5S. The number of rotatable bonds is 4. The van der Waals surface area contributed by atoms with Crippen LogP contribution in [0.5, 0.6) is 5.88 Å². The standard InChI is InChI=1S/C16H14N4O5S/c1-9-6-7-11(8-13(9)20(22)23)26(24,25)19-18-15-12-5-3-4-10(2)14(12)17-16(15)21/h3-8,17,21H,1-2H3. The lowest BCUT2D eigenvalue weighted by atomic mass is 10.1. The van der Waals surface area contributed by atoms with Crippen molar-refractivity contribution in [2.45, 2.75) is 18.7 Å². The maximum atomic E-state index is 12.4. The van der Waals surface area contributed by atoms with Crippen LogP contribution < -0.4 is 0 Å². The summed E-state index contributed by atoms with van der Waals surface area (Å²) in [5.74, 6) is -0.317. The van der Waals surface area contributed by atoms with Gasteiger partial charge in [-0.1, -0.05) is 28.8 Å². The lowest BCUT2D eigenvalue weighted by Crippen LogP contribution is -1.99. The van der Waals surface area contributed by atoms with Gasteiger partial charge in [-0.3, -0.25) is 10.1 Å². The van der Waals surface area contributed by atoms with Gasteiger partial charge in [0.25, 0.3) is 15.7 Å². The highest BCUT2D eigenvalue weighted by molar-refractivity contribution is 7.90. The van der Waals surface area contributed by atoms with Crippen LogP contribution in [-0.4, -0.2) is 23.4 Å². The van der Waals surface area contributed by atoms with Gasteiger partial charge in [-0.05, 0) is 25.5 Å². The highest BCUT2D eigenvalue weighted by Gasteiger charge is 2.20. The first-order valence-electron chi connectivity index (χ1n) is 7.44. The third kappa shape index (κ3) is 3.02. The topological polar surface area (TPSA) is 138 Å². The number of sulfonamides is 1. The number of para-hydroxylation sites is 1. The second-order valence-corrected chi connectivity index (χ2v) is 7.27. The first kappa shape index (κ1) is 17.5. The van der Waals surface area contributed by atoms with Crippen LogP contribution in [0.2, 0.25) is 0 Å². The molecule has 0 bridgehead atoms. The van der Waals surface area contributed by atoms with Gasteiger partial charge in [0.05, 0.1) is 15.3 Å². The Morgan fingerprint density at radius 3 is 2.58 bits per heavy atom. The number of H-pyrrole nitrogens is 1. The van der Waals surface area contributed by atoms with Crippen molar-refractivity contribution in [2.24, 2.45) is 9.63 Å². The molecule has 0 aliphatic carbocycles. The van der Waals surface area contributed by atoms with E-state index in [0.717, 1.165) is 11.6 Å². The molecule has 0 radical (unpaired) electrons. The highest BCUT2D eigenvalue weighted by Crippen LogP contribution is 2.37. The molecule has 1 heterocycles. The summed E-state index contributed by atoms with van der Waals surface area (Å²) in [4.78, 5) is 12.7. The van der Waals surface area contributed by atoms with Crippen LogP contribution in [0.25, 0.3) is 10.9 Å². The van der Waals surface area contributed by atoms with E-state index in [1.807, 2.05) is 13.0 Å². The van der Waals surface area contributed by atoms with Crippen molar-refractivity contribution in [2.75, 3.05) is 0 Å². The summed E-state index contributed by atoms with van der Waals surface area (Å²) in [5, 5.41) is 25.2. The van der Waals surface area contributed by atoms with Crippen molar-refractivity contribution < 1.29 is 18.4 Å². The number of nitrogens with one attached hydrogen (secondary N) is 1. The number of aromatic hydroxyl groups is 1. The van der Waals surface area contributed by atoms with Gasteiger partial charge in [-0.2, -0.15) is 8.42 Å². The Morgan fingerprint density at radius 1 is 1.15 bits per heavy atom. The molecule has 9 nitrogen and oxygen atoms in total. The Kier molecular flexibility index (Phi) is 4.20. The van der Waals surface area contributed by atoms with E-state index >= 15 is 0 Å². The van der Waals surface area contributed by atoms with Crippen molar-refractivity contribution in [3.05, 3.63) is 57.6 Å². The van der Waals surface area contributed by atoms with Crippen LogP contribution in [0.15, 0.2) is 50.9 Å². The van der Waals surface area contributed by atoms with Crippen molar-refractivity contribution in [1.29, 1.82) is 0 Å². The number of benzene rings is 2. The number of hydrogen-bond donors (Lipinski definition) is 2. The van der Waals surface area contributed by atoms with Crippen molar-refractivity contribution >= 4 is 32.3 Å². The molecule has 0 unspecified atom stereocenters. The normalized spacial score (nSPS) is 12.1. The molecule has 3 aromatic rings. The summed E-state index contributed by atoms with van der Waals surface area (Å²) in [6.45, 7) is 3.32. The predicted molar refractivity (Wildman–Crippen MR) is 94.2 cm³/mol. The number of aryl methyl sites for hydroxylation is 2. The molecule has 0 atom stereocenters. The molecule has 134 valence electrons. The van der Waals surface area contributed by atoms with Gasteiger partial charge < -0.3 is 10.1 Å². The molecule has 0 aliphatic heterocycles. The van der Waals surface area contributed by atoms with Gasteiger partial charge in [-0.25, -0.2) is 0 Å². The van der Waals surface area contributed by atoms with E-state index in [1.165, 1.54) is 19.1 Å². The van der Waals surface area contributed by atoms with Crippen molar-refractivity contribution in [3.63, 3.8) is 0 Å². The fraction of sp³-hybridized carbons (Fsp3) is 0.125. The molecule has 0 amide bonds. The SMILES string of the molecule is Cc1ccc(S(=O)(=O)N=Nc2c(O)[nH]c3c(C)cccc23)cc1[N+](=O)[O-]. The van der Waals surface area contributed by atoms with Gasteiger partial charge in [0.1, 0.15) is 0 Å². The Morgan fingerprint density at radius 2 is 1.88 bits per heavy atom. The minimum absolute atomic E-state index is 0.0195. The monoisotopic (exact) mass is 374 g/mol. The molecule has 10 heteroatoms. The summed E-state index contributed by atoms with van der Waals surface area (Å²) in [6, 6.07) is 8.70. The maximum absolute atomic E-state index is 12.4. The Balaban J connectivity index is 2.06. The third-order valence-corrected chi connectivity index (χ3v) is 5.07. The van der Waals surface area contributed by atoms with Gasteiger partial charge in [0.15, 0.2) is 5.69 Å². The molecule has 2 N–H and O–H groups in total. The van der Waals surface area contributed by atoms with E-state index in [0.29, 0.717) is 16.5 Å². The zero-order chi connectivity index (χ0) is 19.1. The summed E-state index contributed by atoms with van der Waals surface area (Å²) < 4.78 is 28.0. The Labute approximate surface area is 148 Å². The second kappa shape index (κ2) is 6.23. The molecule has 0 fully saturated rings. The van der Waals surface area contributed by atoms with Crippen LogP contribution in [-0.2, 0) is 10.0 Å². The van der Waals surface area contributed by atoms with Crippen LogP contribution in [0.3, 0.4) is 0 Å². The quantitative estimate of drug-likeness (QED) is 0.405. The van der Waals surface area contributed by atoms with E-state index in [-0.39, 0.29) is 22.2 Å². The van der Waals surface area contributed by atoms with Gasteiger partial charge in [-0.15, -0.1) is 5.11 Å². The number of nitro benzene ring substituents is 1. The number of fused-ring (bicyclic) bond motifs is 1. The van der Waals surface area contributed by atoms with E-state index in [9.17, 15) is 23.6 Å². The molecule has 0 aliphatic rings. The molecule has 1 aromatic heterocycles. The van der Waals surface area contributed by atoms with Crippen LogP contribution >= 0.6 is 0 Å². The number of aromatic amines is 1. The van der Waals surface area contributed by atoms with Crippen molar-refractivity contribution in [3.8, 4) is 5.88 Å². The molecule has 0 saturated heterocycles. The van der Waals surface area contributed by atoms with E-state index in [1.54, 1.807) is 12.1 Å². The maximum Gasteiger partial charge on any atom is 0.300 e. The zero-order valence-corrected chi connectivity index (χ0v) is 14.6. The minimum atomic E-state index is -4.28. The average Bonchev–Trinajstić information content (AvgIpc) is 2.90. The van der Waals surface area contributed by atoms with E-state index in [2.05, 4.69) is 14.6 Å². The number of aromatic nitrogens is 1. The highest BCUT2D eigenvalue weighted by atomic mass is 32.2. The third-order valence-electron chi connectivity index (χ3n) is 3.92. The molecular weight excluding hydrogens is 360 g/mol. The lowest BCUT2D eigenvalue weighted by molar-refractivity contribution is -0.385.